The predicted molar refractivity (Wildman–Crippen MR) is 73.5 cm³/mol. The van der Waals surface area contributed by atoms with Crippen molar-refractivity contribution in [3.63, 3.8) is 0 Å². The number of H-pyrrole nitrogens is 1. The lowest BCUT2D eigenvalue weighted by atomic mass is 9.85. The molecule has 1 aromatic heterocycles. The van der Waals surface area contributed by atoms with Crippen molar-refractivity contribution in [3.05, 3.63) is 22.2 Å². The van der Waals surface area contributed by atoms with Crippen LogP contribution in [0, 0.1) is 5.92 Å². The van der Waals surface area contributed by atoms with Crippen LogP contribution in [0.3, 0.4) is 0 Å². The lowest BCUT2D eigenvalue weighted by Crippen LogP contribution is -2.30. The van der Waals surface area contributed by atoms with Gasteiger partial charge < -0.3 is 9.72 Å². The average Bonchev–Trinajstić information content (AvgIpc) is 3.23. The minimum atomic E-state index is -0.0873. The van der Waals surface area contributed by atoms with E-state index in [-0.39, 0.29) is 11.7 Å². The molecule has 3 rings (SSSR count). The zero-order chi connectivity index (χ0) is 13.2. The van der Waals surface area contributed by atoms with Crippen molar-refractivity contribution in [2.24, 2.45) is 5.92 Å². The lowest BCUT2D eigenvalue weighted by Gasteiger charge is -2.30. The summed E-state index contributed by atoms with van der Waals surface area (Å²) in [6.45, 7) is 2.22. The first-order valence-corrected chi connectivity index (χ1v) is 7.54. The van der Waals surface area contributed by atoms with E-state index in [9.17, 15) is 4.79 Å². The maximum absolute atomic E-state index is 11.7. The molecule has 104 valence electrons. The van der Waals surface area contributed by atoms with Crippen LogP contribution < -0.4 is 10.3 Å². The van der Waals surface area contributed by atoms with Gasteiger partial charge in [0, 0.05) is 5.92 Å². The van der Waals surface area contributed by atoms with Crippen LogP contribution in [0.4, 0.5) is 0 Å². The molecule has 0 aromatic carbocycles. The standard InChI is InChI=1S/C15H22N2O2/c1-2-10-5-3-4-6-12(10)19-14-9-13(18)16-15(17-14)11-7-8-11/h9-12H,2-8H2,1H3,(H,16,17,18). The normalized spacial score (nSPS) is 27.2. The van der Waals surface area contributed by atoms with Gasteiger partial charge in [-0.05, 0) is 44.4 Å². The molecule has 1 N–H and O–H groups in total. The van der Waals surface area contributed by atoms with Crippen molar-refractivity contribution in [1.29, 1.82) is 0 Å². The second-order valence-electron chi connectivity index (χ2n) is 5.85. The summed E-state index contributed by atoms with van der Waals surface area (Å²) in [5.74, 6) is 2.39. The van der Waals surface area contributed by atoms with E-state index < -0.39 is 0 Å². The number of nitrogens with one attached hydrogen (secondary N) is 1. The van der Waals surface area contributed by atoms with Gasteiger partial charge in [-0.15, -0.1) is 0 Å². The van der Waals surface area contributed by atoms with E-state index in [1.807, 2.05) is 0 Å². The Hall–Kier alpha value is -1.32. The molecule has 0 radical (unpaired) electrons. The van der Waals surface area contributed by atoms with Crippen LogP contribution in [-0.2, 0) is 0 Å². The summed E-state index contributed by atoms with van der Waals surface area (Å²) < 4.78 is 6.03. The molecule has 4 heteroatoms. The van der Waals surface area contributed by atoms with Gasteiger partial charge in [-0.1, -0.05) is 13.3 Å². The van der Waals surface area contributed by atoms with E-state index in [0.717, 1.165) is 31.5 Å². The van der Waals surface area contributed by atoms with Gasteiger partial charge in [0.05, 0.1) is 6.07 Å². The van der Waals surface area contributed by atoms with Crippen LogP contribution in [0.1, 0.15) is 63.6 Å². The maximum Gasteiger partial charge on any atom is 0.254 e. The monoisotopic (exact) mass is 262 g/mol. The highest BCUT2D eigenvalue weighted by Gasteiger charge is 2.28. The molecule has 2 aliphatic carbocycles. The quantitative estimate of drug-likeness (QED) is 0.907. The van der Waals surface area contributed by atoms with Gasteiger partial charge in [0.1, 0.15) is 11.9 Å². The number of hydrogen-bond acceptors (Lipinski definition) is 3. The number of nitrogens with zero attached hydrogens (tertiary/aromatic N) is 1. The van der Waals surface area contributed by atoms with Gasteiger partial charge in [0.25, 0.3) is 5.56 Å². The van der Waals surface area contributed by atoms with Crippen molar-refractivity contribution < 1.29 is 4.74 Å². The Morgan fingerprint density at radius 1 is 1.32 bits per heavy atom. The fraction of sp³-hybridized carbons (Fsp3) is 0.733. The summed E-state index contributed by atoms with van der Waals surface area (Å²) in [6.07, 6.45) is 8.49. The maximum atomic E-state index is 11.7. The second kappa shape index (κ2) is 5.35. The SMILES string of the molecule is CCC1CCCCC1Oc1cc(=O)[nH]c(C2CC2)n1. The summed E-state index contributed by atoms with van der Waals surface area (Å²) >= 11 is 0. The van der Waals surface area contributed by atoms with Gasteiger partial charge in [-0.3, -0.25) is 4.79 Å². The van der Waals surface area contributed by atoms with Crippen molar-refractivity contribution in [2.75, 3.05) is 0 Å². The van der Waals surface area contributed by atoms with E-state index in [2.05, 4.69) is 16.9 Å². The molecular weight excluding hydrogens is 240 g/mol. The molecule has 0 saturated heterocycles. The Morgan fingerprint density at radius 3 is 2.84 bits per heavy atom. The fourth-order valence-corrected chi connectivity index (χ4v) is 3.01. The molecule has 2 atom stereocenters. The third-order valence-electron chi connectivity index (χ3n) is 4.34. The third kappa shape index (κ3) is 2.99. The van der Waals surface area contributed by atoms with Crippen LogP contribution in [-0.4, -0.2) is 16.1 Å². The third-order valence-corrected chi connectivity index (χ3v) is 4.34. The average molecular weight is 262 g/mol. The van der Waals surface area contributed by atoms with Gasteiger partial charge >= 0.3 is 0 Å². The Kier molecular flexibility index (Phi) is 3.58. The number of hydrogen-bond donors (Lipinski definition) is 1. The molecule has 2 saturated carbocycles. The highest BCUT2D eigenvalue weighted by atomic mass is 16.5. The Labute approximate surface area is 113 Å². The Bertz CT molecular complexity index is 493. The first-order valence-electron chi connectivity index (χ1n) is 7.54. The second-order valence-corrected chi connectivity index (χ2v) is 5.85. The van der Waals surface area contributed by atoms with Crippen molar-refractivity contribution >= 4 is 0 Å². The molecule has 4 nitrogen and oxygen atoms in total. The molecule has 1 aromatic rings. The number of aromatic nitrogens is 2. The predicted octanol–water partition coefficient (Wildman–Crippen LogP) is 2.99. The van der Waals surface area contributed by atoms with Crippen LogP contribution in [0.2, 0.25) is 0 Å². The molecule has 1 heterocycles. The van der Waals surface area contributed by atoms with Gasteiger partial charge in [0.15, 0.2) is 0 Å². The fourth-order valence-electron chi connectivity index (χ4n) is 3.01. The zero-order valence-corrected chi connectivity index (χ0v) is 11.5. The molecule has 2 aliphatic rings. The van der Waals surface area contributed by atoms with E-state index in [1.54, 1.807) is 0 Å². The highest BCUT2D eigenvalue weighted by molar-refractivity contribution is 5.14. The Morgan fingerprint density at radius 2 is 2.11 bits per heavy atom. The van der Waals surface area contributed by atoms with Crippen LogP contribution in [0.15, 0.2) is 10.9 Å². The van der Waals surface area contributed by atoms with E-state index in [0.29, 0.717) is 17.7 Å². The van der Waals surface area contributed by atoms with Gasteiger partial charge in [-0.25, -0.2) is 0 Å². The molecular formula is C15H22N2O2. The van der Waals surface area contributed by atoms with Crippen LogP contribution >= 0.6 is 0 Å². The number of rotatable bonds is 4. The van der Waals surface area contributed by atoms with Gasteiger partial charge in [0.2, 0.25) is 5.88 Å². The minimum absolute atomic E-state index is 0.0873. The molecule has 0 spiro atoms. The molecule has 19 heavy (non-hydrogen) atoms. The zero-order valence-electron chi connectivity index (χ0n) is 11.5. The highest BCUT2D eigenvalue weighted by Crippen LogP contribution is 2.38. The number of aromatic amines is 1. The van der Waals surface area contributed by atoms with E-state index >= 15 is 0 Å². The number of ether oxygens (including phenoxy) is 1. The summed E-state index contributed by atoms with van der Waals surface area (Å²) in [7, 11) is 0. The molecule has 0 amide bonds. The van der Waals surface area contributed by atoms with Crippen LogP contribution in [0.25, 0.3) is 0 Å². The summed E-state index contributed by atoms with van der Waals surface area (Å²) in [5, 5.41) is 0. The molecule has 0 bridgehead atoms. The summed E-state index contributed by atoms with van der Waals surface area (Å²) in [4.78, 5) is 19.0. The largest absolute Gasteiger partial charge is 0.474 e. The minimum Gasteiger partial charge on any atom is -0.474 e. The molecule has 2 fully saturated rings. The van der Waals surface area contributed by atoms with E-state index in [4.69, 9.17) is 4.74 Å². The summed E-state index contributed by atoms with van der Waals surface area (Å²) in [6, 6.07) is 1.49. The summed E-state index contributed by atoms with van der Waals surface area (Å²) in [5.41, 5.74) is -0.0873. The molecule has 0 aliphatic heterocycles. The topological polar surface area (TPSA) is 55.0 Å². The van der Waals surface area contributed by atoms with Crippen molar-refractivity contribution in [2.45, 2.75) is 63.9 Å². The van der Waals surface area contributed by atoms with E-state index in [1.165, 1.54) is 25.3 Å². The van der Waals surface area contributed by atoms with Crippen molar-refractivity contribution in [1.82, 2.24) is 9.97 Å². The molecule has 2 unspecified atom stereocenters. The van der Waals surface area contributed by atoms with Gasteiger partial charge in [-0.2, -0.15) is 4.98 Å². The lowest BCUT2D eigenvalue weighted by molar-refractivity contribution is 0.0853. The first-order chi connectivity index (χ1) is 9.26. The van der Waals surface area contributed by atoms with Crippen LogP contribution in [0.5, 0.6) is 5.88 Å². The smallest absolute Gasteiger partial charge is 0.254 e. The van der Waals surface area contributed by atoms with Crippen molar-refractivity contribution in [3.8, 4) is 5.88 Å². The first kappa shape index (κ1) is 12.7. The Balaban J connectivity index is 1.76.